The van der Waals surface area contributed by atoms with Gasteiger partial charge in [0.1, 0.15) is 17.7 Å². The second-order valence-corrected chi connectivity index (χ2v) is 7.22. The maximum Gasteiger partial charge on any atom is 0.309 e. The highest BCUT2D eigenvalue weighted by atomic mass is 16.6. The lowest BCUT2D eigenvalue weighted by Crippen LogP contribution is -2.26. The largest absolute Gasteiger partial charge is 0.369 e. The Morgan fingerprint density at radius 1 is 1.18 bits per heavy atom. The third kappa shape index (κ3) is 4.18. The Bertz CT molecular complexity index is 823. The molecule has 28 heavy (non-hydrogen) atoms. The van der Waals surface area contributed by atoms with E-state index in [1.165, 1.54) is 6.20 Å². The SMILES string of the molecule is N.NC1CCN(c2ccc(Nc3ncc([N+](=O)[O-])c(C4CCCC4)n3)nc2)C1. The van der Waals surface area contributed by atoms with Gasteiger partial charge in [-0.25, -0.2) is 15.0 Å². The predicted molar refractivity (Wildman–Crippen MR) is 107 cm³/mol. The number of nitrogens with two attached hydrogens (primary N) is 1. The Morgan fingerprint density at radius 2 is 1.96 bits per heavy atom. The van der Waals surface area contributed by atoms with Crippen molar-refractivity contribution in [2.45, 2.75) is 44.1 Å². The van der Waals surface area contributed by atoms with Crippen molar-refractivity contribution in [2.24, 2.45) is 5.73 Å². The van der Waals surface area contributed by atoms with Gasteiger partial charge in [0, 0.05) is 25.0 Å². The van der Waals surface area contributed by atoms with Crippen LogP contribution in [-0.4, -0.2) is 39.0 Å². The van der Waals surface area contributed by atoms with E-state index in [0.29, 0.717) is 17.5 Å². The van der Waals surface area contributed by atoms with Crippen LogP contribution in [-0.2, 0) is 0 Å². The van der Waals surface area contributed by atoms with E-state index in [2.05, 4.69) is 25.2 Å². The van der Waals surface area contributed by atoms with Crippen molar-refractivity contribution in [1.29, 1.82) is 0 Å². The third-order valence-electron chi connectivity index (χ3n) is 5.31. The Morgan fingerprint density at radius 3 is 2.57 bits per heavy atom. The van der Waals surface area contributed by atoms with Gasteiger partial charge in [-0.2, -0.15) is 0 Å². The molecule has 1 saturated carbocycles. The van der Waals surface area contributed by atoms with E-state index in [9.17, 15) is 10.1 Å². The van der Waals surface area contributed by atoms with Crippen LogP contribution in [0.4, 0.5) is 23.1 Å². The van der Waals surface area contributed by atoms with Crippen LogP contribution < -0.4 is 22.1 Å². The van der Waals surface area contributed by atoms with Crippen LogP contribution in [0.2, 0.25) is 0 Å². The van der Waals surface area contributed by atoms with Gasteiger partial charge in [-0.3, -0.25) is 10.1 Å². The Balaban J connectivity index is 0.00000225. The quantitative estimate of drug-likeness (QED) is 0.518. The van der Waals surface area contributed by atoms with Gasteiger partial charge in [0.25, 0.3) is 0 Å². The molecular formula is C18H26N8O2. The number of nitrogens with one attached hydrogen (secondary N) is 1. The summed E-state index contributed by atoms with van der Waals surface area (Å²) in [7, 11) is 0. The zero-order chi connectivity index (χ0) is 18.8. The van der Waals surface area contributed by atoms with Crippen molar-refractivity contribution in [1.82, 2.24) is 21.1 Å². The molecule has 0 bridgehead atoms. The summed E-state index contributed by atoms with van der Waals surface area (Å²) >= 11 is 0. The summed E-state index contributed by atoms with van der Waals surface area (Å²) in [5.41, 5.74) is 7.51. The van der Waals surface area contributed by atoms with Crippen molar-refractivity contribution in [3.63, 3.8) is 0 Å². The van der Waals surface area contributed by atoms with Gasteiger partial charge in [0.05, 0.1) is 16.8 Å². The summed E-state index contributed by atoms with van der Waals surface area (Å²) in [6, 6.07) is 4.06. The molecule has 2 aromatic heterocycles. The van der Waals surface area contributed by atoms with Crippen LogP contribution in [0.15, 0.2) is 24.5 Å². The first kappa shape index (κ1) is 19.9. The summed E-state index contributed by atoms with van der Waals surface area (Å²) in [4.78, 5) is 26.1. The van der Waals surface area contributed by atoms with E-state index >= 15 is 0 Å². The molecule has 3 heterocycles. The van der Waals surface area contributed by atoms with E-state index in [4.69, 9.17) is 5.73 Å². The monoisotopic (exact) mass is 386 g/mol. The number of pyridine rings is 1. The summed E-state index contributed by atoms with van der Waals surface area (Å²) < 4.78 is 0. The minimum absolute atomic E-state index is 0. The number of aromatic nitrogens is 3. The van der Waals surface area contributed by atoms with Crippen molar-refractivity contribution >= 4 is 23.1 Å². The van der Waals surface area contributed by atoms with Crippen molar-refractivity contribution in [2.75, 3.05) is 23.3 Å². The fourth-order valence-electron chi connectivity index (χ4n) is 3.87. The smallest absolute Gasteiger partial charge is 0.309 e. The average molecular weight is 386 g/mol. The van der Waals surface area contributed by atoms with Crippen molar-refractivity contribution < 1.29 is 4.92 Å². The lowest BCUT2D eigenvalue weighted by Gasteiger charge is -2.17. The van der Waals surface area contributed by atoms with Gasteiger partial charge in [-0.1, -0.05) is 12.8 Å². The predicted octanol–water partition coefficient (Wildman–Crippen LogP) is 2.88. The van der Waals surface area contributed by atoms with E-state index < -0.39 is 4.92 Å². The Hall–Kier alpha value is -2.85. The number of hydrogen-bond donors (Lipinski definition) is 3. The minimum atomic E-state index is -0.398. The first-order chi connectivity index (χ1) is 13.1. The molecule has 1 saturated heterocycles. The third-order valence-corrected chi connectivity index (χ3v) is 5.31. The molecule has 10 nitrogen and oxygen atoms in total. The van der Waals surface area contributed by atoms with E-state index in [1.54, 1.807) is 6.20 Å². The molecule has 0 aromatic carbocycles. The number of anilines is 3. The van der Waals surface area contributed by atoms with Crippen molar-refractivity contribution in [3.05, 3.63) is 40.3 Å². The molecule has 2 aliphatic rings. The fourth-order valence-corrected chi connectivity index (χ4v) is 3.87. The molecule has 6 N–H and O–H groups in total. The number of rotatable bonds is 5. The topological polar surface area (TPSA) is 158 Å². The van der Waals surface area contributed by atoms with Gasteiger partial charge >= 0.3 is 5.69 Å². The zero-order valence-electron chi connectivity index (χ0n) is 15.8. The fraction of sp³-hybridized carbons (Fsp3) is 0.500. The molecule has 0 amide bonds. The van der Waals surface area contributed by atoms with E-state index in [0.717, 1.165) is 50.9 Å². The Labute approximate surface area is 163 Å². The Kier molecular flexibility index (Phi) is 6.00. The highest BCUT2D eigenvalue weighted by molar-refractivity contribution is 5.55. The molecule has 0 radical (unpaired) electrons. The van der Waals surface area contributed by atoms with Gasteiger partial charge in [-0.15, -0.1) is 0 Å². The highest BCUT2D eigenvalue weighted by Crippen LogP contribution is 2.37. The molecule has 1 unspecified atom stereocenters. The van der Waals surface area contributed by atoms with Gasteiger partial charge in [0.2, 0.25) is 5.95 Å². The maximum atomic E-state index is 11.3. The second-order valence-electron chi connectivity index (χ2n) is 7.22. The average Bonchev–Trinajstić information content (AvgIpc) is 3.34. The molecule has 4 rings (SSSR count). The second kappa shape index (κ2) is 8.44. The summed E-state index contributed by atoms with van der Waals surface area (Å²) in [5, 5.41) is 14.4. The summed E-state index contributed by atoms with van der Waals surface area (Å²) in [5.74, 6) is 1.07. The maximum absolute atomic E-state index is 11.3. The lowest BCUT2D eigenvalue weighted by atomic mass is 10.0. The van der Waals surface area contributed by atoms with Crippen LogP contribution in [0.1, 0.15) is 43.7 Å². The van der Waals surface area contributed by atoms with Crippen LogP contribution in [0.25, 0.3) is 0 Å². The number of nitro groups is 1. The molecule has 1 atom stereocenters. The van der Waals surface area contributed by atoms with Gasteiger partial charge in [0.15, 0.2) is 0 Å². The van der Waals surface area contributed by atoms with E-state index in [1.807, 2.05) is 12.1 Å². The summed E-state index contributed by atoms with van der Waals surface area (Å²) in [6.45, 7) is 1.77. The number of nitrogens with zero attached hydrogens (tertiary/aromatic N) is 5. The zero-order valence-corrected chi connectivity index (χ0v) is 15.8. The van der Waals surface area contributed by atoms with Crippen LogP contribution in [0.5, 0.6) is 0 Å². The molecule has 1 aliphatic carbocycles. The summed E-state index contributed by atoms with van der Waals surface area (Å²) in [6.07, 6.45) is 8.10. The molecule has 10 heteroatoms. The van der Waals surface area contributed by atoms with E-state index in [-0.39, 0.29) is 23.8 Å². The first-order valence-electron chi connectivity index (χ1n) is 9.35. The van der Waals surface area contributed by atoms with Crippen LogP contribution >= 0.6 is 0 Å². The standard InChI is InChI=1S/C18H23N7O2.H3N/c19-13-7-8-24(11-13)14-5-6-16(20-9-14)22-18-21-10-15(25(26)27)17(23-18)12-3-1-2-4-12;/h5-6,9-10,12-13H,1-4,7-8,11,19H2,(H,20,21,22,23);1H3. The van der Waals surface area contributed by atoms with Crippen molar-refractivity contribution in [3.8, 4) is 0 Å². The first-order valence-corrected chi connectivity index (χ1v) is 9.35. The molecule has 2 fully saturated rings. The lowest BCUT2D eigenvalue weighted by molar-refractivity contribution is -0.386. The number of hydrogen-bond acceptors (Lipinski definition) is 9. The minimum Gasteiger partial charge on any atom is -0.369 e. The normalized spacial score (nSPS) is 19.5. The molecule has 0 spiro atoms. The molecule has 2 aromatic rings. The molecular weight excluding hydrogens is 360 g/mol. The molecule has 150 valence electrons. The molecule has 1 aliphatic heterocycles. The van der Waals surface area contributed by atoms with Gasteiger partial charge in [-0.05, 0) is 31.4 Å². The van der Waals surface area contributed by atoms with Gasteiger partial charge < -0.3 is 22.1 Å². The van der Waals surface area contributed by atoms with Crippen LogP contribution in [0.3, 0.4) is 0 Å². The highest BCUT2D eigenvalue weighted by Gasteiger charge is 2.28. The van der Waals surface area contributed by atoms with Crippen LogP contribution in [0, 0.1) is 10.1 Å².